The number of halogens is 4. The third-order valence-electron chi connectivity index (χ3n) is 3.65. The molecule has 0 unspecified atom stereocenters. The number of carboxylic acid groups (broad SMARTS) is 1. The van der Waals surface area contributed by atoms with Gasteiger partial charge in [0.15, 0.2) is 0 Å². The molecule has 0 bridgehead atoms. The van der Waals surface area contributed by atoms with E-state index in [9.17, 15) is 22.4 Å². The van der Waals surface area contributed by atoms with Crippen LogP contribution in [0, 0.1) is 0 Å². The maximum Gasteiger partial charge on any atom is 0.416 e. The third kappa shape index (κ3) is 5.05. The smallest absolute Gasteiger partial charge is 0.416 e. The second kappa shape index (κ2) is 7.68. The van der Waals surface area contributed by atoms with Crippen molar-refractivity contribution in [2.45, 2.75) is 32.5 Å². The molecule has 3 nitrogen and oxygen atoms in total. The molecule has 0 spiro atoms. The Labute approximate surface area is 142 Å². The van der Waals surface area contributed by atoms with Crippen molar-refractivity contribution in [2.24, 2.45) is 0 Å². The van der Waals surface area contributed by atoms with E-state index in [2.05, 4.69) is 11.0 Å². The molecule has 2 rings (SSSR count). The number of nitrogens with one attached hydrogen (secondary N) is 1. The number of alkyl halides is 3. The summed E-state index contributed by atoms with van der Waals surface area (Å²) in [4.78, 5) is 10.8. The summed E-state index contributed by atoms with van der Waals surface area (Å²) < 4.78 is 52.7. The summed E-state index contributed by atoms with van der Waals surface area (Å²) in [5.74, 6) is -1.66. The number of rotatable bonds is 6. The van der Waals surface area contributed by atoms with Crippen LogP contribution < -0.4 is 5.32 Å². The Kier molecular flexibility index (Phi) is 5.82. The third-order valence-corrected chi connectivity index (χ3v) is 3.65. The fraction of sp³-hybridized carbons (Fsp3) is 0.333. The Morgan fingerprint density at radius 2 is 2.08 bits per heavy atom. The zero-order chi connectivity index (χ0) is 18.6. The number of benzene rings is 1. The minimum Gasteiger partial charge on any atom is -0.481 e. The molecule has 1 aromatic carbocycles. The zero-order valence-electron chi connectivity index (χ0n) is 13.5. The van der Waals surface area contributed by atoms with E-state index < -0.39 is 23.5 Å². The van der Waals surface area contributed by atoms with E-state index in [1.165, 1.54) is 12.1 Å². The Morgan fingerprint density at radius 1 is 1.36 bits per heavy atom. The van der Waals surface area contributed by atoms with Gasteiger partial charge in [0.1, 0.15) is 5.83 Å². The van der Waals surface area contributed by atoms with E-state index in [1.807, 2.05) is 6.92 Å². The highest BCUT2D eigenvalue weighted by Crippen LogP contribution is 2.34. The summed E-state index contributed by atoms with van der Waals surface area (Å²) in [5, 5.41) is 11.8. The Morgan fingerprint density at radius 3 is 2.68 bits per heavy atom. The average molecular weight is 355 g/mol. The fourth-order valence-electron chi connectivity index (χ4n) is 2.56. The monoisotopic (exact) mass is 355 g/mol. The predicted molar refractivity (Wildman–Crippen MR) is 85.3 cm³/mol. The maximum atomic E-state index is 13.9. The van der Waals surface area contributed by atoms with Crippen LogP contribution in [0.2, 0.25) is 0 Å². The molecular weight excluding hydrogens is 338 g/mol. The summed E-state index contributed by atoms with van der Waals surface area (Å²) >= 11 is 0. The maximum absolute atomic E-state index is 13.9. The van der Waals surface area contributed by atoms with Crippen molar-refractivity contribution in [3.05, 3.63) is 58.1 Å². The lowest BCUT2D eigenvalue weighted by Gasteiger charge is -2.16. The quantitative estimate of drug-likeness (QED) is 0.585. The summed E-state index contributed by atoms with van der Waals surface area (Å²) in [6.07, 6.45) is -3.82. The fourth-order valence-corrected chi connectivity index (χ4v) is 2.56. The average Bonchev–Trinajstić information content (AvgIpc) is 2.50. The van der Waals surface area contributed by atoms with Gasteiger partial charge in [-0.25, -0.2) is 4.39 Å². The largest absolute Gasteiger partial charge is 0.481 e. The first-order chi connectivity index (χ1) is 11.7. The first-order valence-electron chi connectivity index (χ1n) is 7.68. The standard InChI is InChI=1S/C18H17F4NO2/c1-2-23-10-13-8-14(18(20,21)22)3-4-16(13)12-5-11(7-17(24)25)6-15(19)9-12/h3-4,8-9,23H,2,6-7,10H2,1H3,(H,24,25). The van der Waals surface area contributed by atoms with E-state index in [4.69, 9.17) is 5.11 Å². The first-order valence-corrected chi connectivity index (χ1v) is 7.68. The second-order valence-electron chi connectivity index (χ2n) is 5.63. The number of aliphatic carboxylic acids is 1. The van der Waals surface area contributed by atoms with Crippen LogP contribution in [0.15, 0.2) is 41.4 Å². The van der Waals surface area contributed by atoms with Crippen molar-refractivity contribution in [1.82, 2.24) is 5.32 Å². The highest BCUT2D eigenvalue weighted by molar-refractivity contribution is 5.79. The van der Waals surface area contributed by atoms with Crippen molar-refractivity contribution in [3.63, 3.8) is 0 Å². The minimum absolute atomic E-state index is 0.154. The van der Waals surface area contributed by atoms with Gasteiger partial charge < -0.3 is 10.4 Å². The number of carbonyl (C=O) groups is 1. The SMILES string of the molecule is CCNCc1cc(C(F)(F)F)ccc1C1=C=C(CC(=O)O)CC(F)=C1. The lowest BCUT2D eigenvalue weighted by Crippen LogP contribution is -2.15. The van der Waals surface area contributed by atoms with Crippen LogP contribution >= 0.6 is 0 Å². The van der Waals surface area contributed by atoms with Gasteiger partial charge in [-0.2, -0.15) is 13.2 Å². The molecule has 1 aliphatic rings. The summed E-state index contributed by atoms with van der Waals surface area (Å²) in [6.45, 7) is 2.54. The molecule has 0 heterocycles. The normalized spacial score (nSPS) is 14.7. The highest BCUT2D eigenvalue weighted by Gasteiger charge is 2.31. The topological polar surface area (TPSA) is 49.3 Å². The van der Waals surface area contributed by atoms with Gasteiger partial charge in [-0.3, -0.25) is 4.79 Å². The van der Waals surface area contributed by atoms with Crippen LogP contribution in [0.4, 0.5) is 17.6 Å². The van der Waals surface area contributed by atoms with Crippen molar-refractivity contribution in [3.8, 4) is 0 Å². The molecule has 0 atom stereocenters. The lowest BCUT2D eigenvalue weighted by atomic mass is 9.93. The van der Waals surface area contributed by atoms with Gasteiger partial charge in [0.05, 0.1) is 12.0 Å². The summed E-state index contributed by atoms with van der Waals surface area (Å²) in [7, 11) is 0. The van der Waals surface area contributed by atoms with Gasteiger partial charge in [0.2, 0.25) is 0 Å². The zero-order valence-corrected chi connectivity index (χ0v) is 13.5. The van der Waals surface area contributed by atoms with E-state index in [1.54, 1.807) is 0 Å². The second-order valence-corrected chi connectivity index (χ2v) is 5.63. The molecule has 1 aliphatic carbocycles. The lowest BCUT2D eigenvalue weighted by molar-refractivity contribution is -0.138. The van der Waals surface area contributed by atoms with Crippen LogP contribution in [0.1, 0.15) is 36.5 Å². The molecule has 0 amide bonds. The van der Waals surface area contributed by atoms with Crippen LogP contribution in [0.25, 0.3) is 5.57 Å². The minimum atomic E-state index is -4.48. The molecule has 2 N–H and O–H groups in total. The number of allylic oxidation sites excluding steroid dienone is 2. The number of carboxylic acids is 1. The summed E-state index contributed by atoms with van der Waals surface area (Å²) in [6, 6.07) is 3.21. The van der Waals surface area contributed by atoms with E-state index >= 15 is 0 Å². The molecule has 134 valence electrons. The predicted octanol–water partition coefficient (Wildman–Crippen LogP) is 4.46. The van der Waals surface area contributed by atoms with E-state index in [-0.39, 0.29) is 30.5 Å². The molecule has 0 aliphatic heterocycles. The summed E-state index contributed by atoms with van der Waals surface area (Å²) in [5.41, 5.74) is 3.28. The molecule has 0 aromatic heterocycles. The molecule has 0 fully saturated rings. The van der Waals surface area contributed by atoms with Crippen LogP contribution in [-0.4, -0.2) is 17.6 Å². The van der Waals surface area contributed by atoms with Crippen LogP contribution in [0.5, 0.6) is 0 Å². The number of hydrogen-bond acceptors (Lipinski definition) is 2. The van der Waals surface area contributed by atoms with Gasteiger partial charge >= 0.3 is 12.1 Å². The Balaban J connectivity index is 2.55. The molecule has 0 saturated heterocycles. The Hall–Kier alpha value is -2.37. The molecule has 0 radical (unpaired) electrons. The molecule has 25 heavy (non-hydrogen) atoms. The van der Waals surface area contributed by atoms with Crippen molar-refractivity contribution in [1.29, 1.82) is 0 Å². The molecular formula is C18H17F4NO2. The van der Waals surface area contributed by atoms with Crippen LogP contribution in [0.3, 0.4) is 0 Å². The first kappa shape index (κ1) is 19.0. The van der Waals surface area contributed by atoms with Gasteiger partial charge in [0, 0.05) is 18.5 Å². The Bertz CT molecular complexity index is 772. The molecule has 7 heteroatoms. The van der Waals surface area contributed by atoms with Crippen molar-refractivity contribution >= 4 is 11.5 Å². The van der Waals surface area contributed by atoms with Gasteiger partial charge in [-0.05, 0) is 41.5 Å². The number of hydrogen-bond donors (Lipinski definition) is 2. The highest BCUT2D eigenvalue weighted by atomic mass is 19.4. The van der Waals surface area contributed by atoms with E-state index in [0.717, 1.165) is 12.1 Å². The van der Waals surface area contributed by atoms with Crippen molar-refractivity contribution in [2.75, 3.05) is 6.54 Å². The van der Waals surface area contributed by atoms with E-state index in [0.29, 0.717) is 17.7 Å². The van der Waals surface area contributed by atoms with Gasteiger partial charge in [-0.1, -0.05) is 13.0 Å². The molecule has 1 aromatic rings. The molecule has 0 saturated carbocycles. The van der Waals surface area contributed by atoms with Crippen LogP contribution in [-0.2, 0) is 17.5 Å². The van der Waals surface area contributed by atoms with Gasteiger partial charge in [-0.15, -0.1) is 5.73 Å². The van der Waals surface area contributed by atoms with Crippen molar-refractivity contribution < 1.29 is 27.5 Å². The van der Waals surface area contributed by atoms with Gasteiger partial charge in [0.25, 0.3) is 0 Å².